The summed E-state index contributed by atoms with van der Waals surface area (Å²) in [6.07, 6.45) is 0.0206. The Hall–Kier alpha value is -2.82. The molecule has 2 aromatic rings. The lowest BCUT2D eigenvalue weighted by Crippen LogP contribution is -2.53. The van der Waals surface area contributed by atoms with E-state index in [2.05, 4.69) is 5.32 Å². The van der Waals surface area contributed by atoms with Gasteiger partial charge in [-0.3, -0.25) is 9.69 Å². The summed E-state index contributed by atoms with van der Waals surface area (Å²) >= 11 is 0. The molecule has 0 spiro atoms. The van der Waals surface area contributed by atoms with Gasteiger partial charge >= 0.3 is 6.09 Å². The molecule has 148 valence electrons. The fourth-order valence-electron chi connectivity index (χ4n) is 3.28. The van der Waals surface area contributed by atoms with Gasteiger partial charge in [-0.2, -0.15) is 0 Å². The number of benzene rings is 2. The summed E-state index contributed by atoms with van der Waals surface area (Å²) in [5.74, 6) is -0.166. The highest BCUT2D eigenvalue weighted by Gasteiger charge is 2.36. The highest BCUT2D eigenvalue weighted by Crippen LogP contribution is 2.25. The van der Waals surface area contributed by atoms with Crippen LogP contribution in [0, 0.1) is 6.92 Å². The lowest BCUT2D eigenvalue weighted by Gasteiger charge is -2.36. The zero-order valence-electron chi connectivity index (χ0n) is 17.0. The van der Waals surface area contributed by atoms with E-state index in [1.807, 2.05) is 76.2 Å². The second kappa shape index (κ2) is 8.05. The van der Waals surface area contributed by atoms with E-state index in [1.165, 1.54) is 10.5 Å². The largest absolute Gasteiger partial charge is 0.444 e. The molecule has 1 aliphatic rings. The first kappa shape index (κ1) is 19.9. The van der Waals surface area contributed by atoms with Gasteiger partial charge in [-0.05, 0) is 44.4 Å². The Bertz CT molecular complexity index is 853. The second-order valence-electron chi connectivity index (χ2n) is 8.30. The van der Waals surface area contributed by atoms with Gasteiger partial charge in [-0.15, -0.1) is 0 Å². The molecule has 1 N–H and O–H groups in total. The van der Waals surface area contributed by atoms with E-state index in [0.717, 1.165) is 16.7 Å². The van der Waals surface area contributed by atoms with Crippen LogP contribution in [0.25, 0.3) is 0 Å². The molecule has 2 amide bonds. The minimum atomic E-state index is -0.614. The number of amides is 2. The van der Waals surface area contributed by atoms with Crippen LogP contribution in [-0.4, -0.2) is 28.5 Å². The van der Waals surface area contributed by atoms with Crippen LogP contribution in [0.5, 0.6) is 0 Å². The van der Waals surface area contributed by atoms with E-state index in [4.69, 9.17) is 4.74 Å². The normalized spacial score (nSPS) is 16.3. The number of nitrogens with zero attached hydrogens (tertiary/aromatic N) is 1. The average molecular weight is 380 g/mol. The zero-order chi connectivity index (χ0) is 20.3. The number of ether oxygens (including phenoxy) is 1. The van der Waals surface area contributed by atoms with Crippen LogP contribution in [0.3, 0.4) is 0 Å². The van der Waals surface area contributed by atoms with Gasteiger partial charge in [0.15, 0.2) is 0 Å². The summed E-state index contributed by atoms with van der Waals surface area (Å²) in [6.45, 7) is 8.31. The van der Waals surface area contributed by atoms with Crippen LogP contribution < -0.4 is 5.32 Å². The Kier molecular flexibility index (Phi) is 5.73. The van der Waals surface area contributed by atoms with Crippen molar-refractivity contribution >= 4 is 12.0 Å². The summed E-state index contributed by atoms with van der Waals surface area (Å²) in [6, 6.07) is 15.4. The molecule has 5 nitrogen and oxygen atoms in total. The molecule has 1 heterocycles. The van der Waals surface area contributed by atoms with Crippen LogP contribution in [0.2, 0.25) is 0 Å². The van der Waals surface area contributed by atoms with Gasteiger partial charge in [-0.25, -0.2) is 4.79 Å². The minimum Gasteiger partial charge on any atom is -0.444 e. The molecule has 0 aliphatic carbocycles. The van der Waals surface area contributed by atoms with Gasteiger partial charge in [-0.1, -0.05) is 54.1 Å². The molecule has 1 aliphatic heterocycles. The molecule has 0 unspecified atom stereocenters. The molecular weight excluding hydrogens is 352 g/mol. The summed E-state index contributed by atoms with van der Waals surface area (Å²) < 4.78 is 5.56. The molecule has 0 bridgehead atoms. The molecule has 2 aromatic carbocycles. The number of fused-ring (bicyclic) bond motifs is 1. The van der Waals surface area contributed by atoms with Crippen molar-refractivity contribution in [3.8, 4) is 0 Å². The van der Waals surface area contributed by atoms with Crippen molar-refractivity contribution < 1.29 is 14.3 Å². The standard InChI is InChI=1S/C23H28N2O3/c1-16-9-11-17(12-10-16)14-24-21(26)20-13-18-7-5-6-8-19(18)15-25(20)22(27)28-23(2,3)4/h5-12,20H,13-15H2,1-4H3,(H,24,26)/t20-/m0/s1. The molecule has 28 heavy (non-hydrogen) atoms. The Morgan fingerprint density at radius 2 is 1.71 bits per heavy atom. The van der Waals surface area contributed by atoms with E-state index in [1.54, 1.807) is 0 Å². The number of hydrogen-bond acceptors (Lipinski definition) is 3. The maximum absolute atomic E-state index is 13.0. The van der Waals surface area contributed by atoms with E-state index < -0.39 is 17.7 Å². The number of aryl methyl sites for hydroxylation is 1. The molecule has 5 heteroatoms. The van der Waals surface area contributed by atoms with Gasteiger partial charge < -0.3 is 10.1 Å². The van der Waals surface area contributed by atoms with E-state index in [-0.39, 0.29) is 5.91 Å². The zero-order valence-corrected chi connectivity index (χ0v) is 17.0. The number of nitrogens with one attached hydrogen (secondary N) is 1. The van der Waals surface area contributed by atoms with Crippen molar-refractivity contribution in [2.24, 2.45) is 0 Å². The molecule has 0 radical (unpaired) electrons. The predicted octanol–water partition coefficient (Wildman–Crippen LogP) is 3.97. The fourth-order valence-corrected chi connectivity index (χ4v) is 3.28. The molecule has 1 atom stereocenters. The van der Waals surface area contributed by atoms with Crippen LogP contribution in [0.1, 0.15) is 43.0 Å². The van der Waals surface area contributed by atoms with Gasteiger partial charge in [0.1, 0.15) is 11.6 Å². The van der Waals surface area contributed by atoms with Crippen LogP contribution in [-0.2, 0) is 29.0 Å². The lowest BCUT2D eigenvalue weighted by molar-refractivity contribution is -0.127. The number of hydrogen-bond donors (Lipinski definition) is 1. The highest BCUT2D eigenvalue weighted by molar-refractivity contribution is 5.86. The van der Waals surface area contributed by atoms with Gasteiger partial charge in [0.05, 0.1) is 6.54 Å². The average Bonchev–Trinajstić information content (AvgIpc) is 2.65. The van der Waals surface area contributed by atoms with E-state index >= 15 is 0 Å². The Morgan fingerprint density at radius 3 is 2.36 bits per heavy atom. The van der Waals surface area contributed by atoms with Crippen molar-refractivity contribution in [3.63, 3.8) is 0 Å². The first-order valence-electron chi connectivity index (χ1n) is 9.62. The number of carbonyl (C=O) groups excluding carboxylic acids is 2. The molecular formula is C23H28N2O3. The molecule has 0 saturated carbocycles. The van der Waals surface area contributed by atoms with Crippen molar-refractivity contribution in [2.45, 2.75) is 58.8 Å². The monoisotopic (exact) mass is 380 g/mol. The van der Waals surface area contributed by atoms with Crippen LogP contribution in [0.4, 0.5) is 4.79 Å². The number of rotatable bonds is 3. The molecule has 3 rings (SSSR count). The van der Waals surface area contributed by atoms with Gasteiger partial charge in [0.25, 0.3) is 0 Å². The summed E-state index contributed by atoms with van der Waals surface area (Å²) in [7, 11) is 0. The first-order chi connectivity index (χ1) is 13.2. The fraction of sp³-hybridized carbons (Fsp3) is 0.391. The Morgan fingerprint density at radius 1 is 1.07 bits per heavy atom. The van der Waals surface area contributed by atoms with E-state index in [0.29, 0.717) is 19.5 Å². The third-order valence-corrected chi connectivity index (χ3v) is 4.77. The van der Waals surface area contributed by atoms with Crippen LogP contribution >= 0.6 is 0 Å². The second-order valence-corrected chi connectivity index (χ2v) is 8.30. The summed E-state index contributed by atoms with van der Waals surface area (Å²) in [4.78, 5) is 27.3. The Balaban J connectivity index is 1.77. The first-order valence-corrected chi connectivity index (χ1v) is 9.62. The van der Waals surface area contributed by atoms with Gasteiger partial charge in [0, 0.05) is 13.0 Å². The van der Waals surface area contributed by atoms with Crippen molar-refractivity contribution in [1.82, 2.24) is 10.2 Å². The minimum absolute atomic E-state index is 0.166. The lowest BCUT2D eigenvalue weighted by atomic mass is 9.93. The van der Waals surface area contributed by atoms with Crippen LogP contribution in [0.15, 0.2) is 48.5 Å². The van der Waals surface area contributed by atoms with Crippen molar-refractivity contribution in [3.05, 3.63) is 70.8 Å². The SMILES string of the molecule is Cc1ccc(CNC(=O)[C@@H]2Cc3ccccc3CN2C(=O)OC(C)(C)C)cc1. The predicted molar refractivity (Wildman–Crippen MR) is 109 cm³/mol. The topological polar surface area (TPSA) is 58.6 Å². The maximum Gasteiger partial charge on any atom is 0.411 e. The third-order valence-electron chi connectivity index (χ3n) is 4.77. The molecule has 0 saturated heterocycles. The molecule has 0 aromatic heterocycles. The Labute approximate surface area is 166 Å². The van der Waals surface area contributed by atoms with E-state index in [9.17, 15) is 9.59 Å². The summed E-state index contributed by atoms with van der Waals surface area (Å²) in [5.41, 5.74) is 3.74. The maximum atomic E-state index is 13.0. The van der Waals surface area contributed by atoms with Crippen molar-refractivity contribution in [2.75, 3.05) is 0 Å². The summed E-state index contributed by atoms with van der Waals surface area (Å²) in [5, 5.41) is 2.98. The van der Waals surface area contributed by atoms with Gasteiger partial charge in [0.2, 0.25) is 5.91 Å². The smallest absolute Gasteiger partial charge is 0.411 e. The molecule has 0 fully saturated rings. The third kappa shape index (κ3) is 4.91. The highest BCUT2D eigenvalue weighted by atomic mass is 16.6. The van der Waals surface area contributed by atoms with Crippen molar-refractivity contribution in [1.29, 1.82) is 0 Å². The number of carbonyl (C=O) groups is 2. The quantitative estimate of drug-likeness (QED) is 0.876.